The van der Waals surface area contributed by atoms with Crippen molar-refractivity contribution in [2.75, 3.05) is 26.8 Å². The normalized spacial score (nSPS) is 12.5. The summed E-state index contributed by atoms with van der Waals surface area (Å²) >= 11 is 0. The van der Waals surface area contributed by atoms with Gasteiger partial charge in [0.15, 0.2) is 0 Å². The molecule has 0 radical (unpaired) electrons. The summed E-state index contributed by atoms with van der Waals surface area (Å²) in [6.45, 7) is 6.51. The van der Waals surface area contributed by atoms with Gasteiger partial charge in [0.1, 0.15) is 18.1 Å². The van der Waals surface area contributed by atoms with Crippen LogP contribution in [0.5, 0.6) is 11.5 Å². The van der Waals surface area contributed by atoms with Crippen LogP contribution in [0.2, 0.25) is 0 Å². The molecule has 0 fully saturated rings. The second-order valence-electron chi connectivity index (χ2n) is 4.64. The zero-order chi connectivity index (χ0) is 13.4. The summed E-state index contributed by atoms with van der Waals surface area (Å²) in [5.74, 6) is 2.19. The van der Waals surface area contributed by atoms with Crippen LogP contribution in [0.25, 0.3) is 0 Å². The van der Waals surface area contributed by atoms with Gasteiger partial charge in [-0.2, -0.15) is 0 Å². The topological polar surface area (TPSA) is 56.5 Å². The lowest BCUT2D eigenvalue weighted by atomic mass is 10.1. The lowest BCUT2D eigenvalue weighted by Gasteiger charge is -2.16. The molecule has 0 spiro atoms. The predicted octanol–water partition coefficient (Wildman–Crippen LogP) is 1.65. The highest BCUT2D eigenvalue weighted by Crippen LogP contribution is 2.16. The average Bonchev–Trinajstić information content (AvgIpc) is 2.38. The van der Waals surface area contributed by atoms with E-state index in [0.717, 1.165) is 24.6 Å². The number of rotatable bonds is 8. The molecule has 1 rings (SSSR count). The highest BCUT2D eigenvalue weighted by Gasteiger charge is 2.05. The molecule has 102 valence electrons. The summed E-state index contributed by atoms with van der Waals surface area (Å²) in [6.07, 6.45) is 0. The standard InChI is InChI=1S/C14H24N2O2/c1-11(2)14(15)10-16-8-9-18-13-6-4-12(17-3)5-7-13/h4-7,11,14,16H,8-10,15H2,1-3H3. The first-order valence-electron chi connectivity index (χ1n) is 6.36. The maximum absolute atomic E-state index is 5.92. The Bertz CT molecular complexity index is 325. The van der Waals surface area contributed by atoms with E-state index in [-0.39, 0.29) is 6.04 Å². The fourth-order valence-electron chi connectivity index (χ4n) is 1.42. The maximum atomic E-state index is 5.92. The molecular weight excluding hydrogens is 228 g/mol. The largest absolute Gasteiger partial charge is 0.497 e. The molecule has 1 atom stereocenters. The first-order valence-corrected chi connectivity index (χ1v) is 6.36. The first-order chi connectivity index (χ1) is 8.63. The predicted molar refractivity (Wildman–Crippen MR) is 74.2 cm³/mol. The molecule has 0 aliphatic rings. The molecule has 0 amide bonds. The number of hydrogen-bond donors (Lipinski definition) is 2. The molecule has 1 aromatic rings. The maximum Gasteiger partial charge on any atom is 0.119 e. The minimum atomic E-state index is 0.200. The molecule has 0 saturated carbocycles. The third kappa shape index (κ3) is 5.38. The lowest BCUT2D eigenvalue weighted by molar-refractivity contribution is 0.308. The second kappa shape index (κ2) is 7.95. The number of methoxy groups -OCH3 is 1. The van der Waals surface area contributed by atoms with Crippen LogP contribution in [-0.2, 0) is 0 Å². The first kappa shape index (κ1) is 14.8. The quantitative estimate of drug-likeness (QED) is 0.691. The Labute approximate surface area is 109 Å². The molecular formula is C14H24N2O2. The van der Waals surface area contributed by atoms with Gasteiger partial charge in [0.05, 0.1) is 7.11 Å². The monoisotopic (exact) mass is 252 g/mol. The Morgan fingerprint density at radius 1 is 1.17 bits per heavy atom. The summed E-state index contributed by atoms with van der Waals surface area (Å²) in [6, 6.07) is 7.78. The average molecular weight is 252 g/mol. The van der Waals surface area contributed by atoms with Crippen LogP contribution in [-0.4, -0.2) is 32.8 Å². The molecule has 1 aromatic carbocycles. The molecule has 4 nitrogen and oxygen atoms in total. The minimum Gasteiger partial charge on any atom is -0.497 e. The van der Waals surface area contributed by atoms with E-state index in [1.54, 1.807) is 7.11 Å². The fraction of sp³-hybridized carbons (Fsp3) is 0.571. The number of nitrogens with two attached hydrogens (primary N) is 1. The van der Waals surface area contributed by atoms with Crippen LogP contribution in [0.1, 0.15) is 13.8 Å². The van der Waals surface area contributed by atoms with Crippen LogP contribution in [0.3, 0.4) is 0 Å². The molecule has 0 aromatic heterocycles. The summed E-state index contributed by atoms with van der Waals surface area (Å²) in [4.78, 5) is 0. The molecule has 3 N–H and O–H groups in total. The Morgan fingerprint density at radius 2 is 1.78 bits per heavy atom. The number of hydrogen-bond acceptors (Lipinski definition) is 4. The van der Waals surface area contributed by atoms with Crippen molar-refractivity contribution in [1.82, 2.24) is 5.32 Å². The molecule has 0 aliphatic carbocycles. The van der Waals surface area contributed by atoms with E-state index in [9.17, 15) is 0 Å². The molecule has 18 heavy (non-hydrogen) atoms. The van der Waals surface area contributed by atoms with Gasteiger partial charge in [0.25, 0.3) is 0 Å². The van der Waals surface area contributed by atoms with Crippen LogP contribution in [0.15, 0.2) is 24.3 Å². The number of benzene rings is 1. The third-order valence-corrected chi connectivity index (χ3v) is 2.84. The van der Waals surface area contributed by atoms with Crippen LogP contribution in [0.4, 0.5) is 0 Å². The van der Waals surface area contributed by atoms with Crippen molar-refractivity contribution in [2.45, 2.75) is 19.9 Å². The zero-order valence-corrected chi connectivity index (χ0v) is 11.5. The van der Waals surface area contributed by atoms with Crippen molar-refractivity contribution < 1.29 is 9.47 Å². The Kier molecular flexibility index (Phi) is 6.54. The summed E-state index contributed by atoms with van der Waals surface area (Å²) < 4.78 is 10.7. The Balaban J connectivity index is 2.14. The third-order valence-electron chi connectivity index (χ3n) is 2.84. The van der Waals surface area contributed by atoms with Crippen LogP contribution < -0.4 is 20.5 Å². The zero-order valence-electron chi connectivity index (χ0n) is 11.5. The Hall–Kier alpha value is -1.26. The van der Waals surface area contributed by atoms with E-state index in [2.05, 4.69) is 19.2 Å². The fourth-order valence-corrected chi connectivity index (χ4v) is 1.42. The van der Waals surface area contributed by atoms with Crippen molar-refractivity contribution in [3.63, 3.8) is 0 Å². The van der Waals surface area contributed by atoms with Crippen molar-refractivity contribution in [3.05, 3.63) is 24.3 Å². The smallest absolute Gasteiger partial charge is 0.119 e. The molecule has 0 aliphatic heterocycles. The number of ether oxygens (including phenoxy) is 2. The Morgan fingerprint density at radius 3 is 2.33 bits per heavy atom. The highest BCUT2D eigenvalue weighted by atomic mass is 16.5. The second-order valence-corrected chi connectivity index (χ2v) is 4.64. The molecule has 0 saturated heterocycles. The van der Waals surface area contributed by atoms with Crippen molar-refractivity contribution in [1.29, 1.82) is 0 Å². The summed E-state index contributed by atoms with van der Waals surface area (Å²) in [5, 5.41) is 3.28. The minimum absolute atomic E-state index is 0.200. The SMILES string of the molecule is COc1ccc(OCCNCC(N)C(C)C)cc1. The summed E-state index contributed by atoms with van der Waals surface area (Å²) in [7, 11) is 1.65. The van der Waals surface area contributed by atoms with E-state index in [0.29, 0.717) is 12.5 Å². The lowest BCUT2D eigenvalue weighted by Crippen LogP contribution is -2.39. The van der Waals surface area contributed by atoms with Gasteiger partial charge in [-0.15, -0.1) is 0 Å². The molecule has 4 heteroatoms. The van der Waals surface area contributed by atoms with Gasteiger partial charge in [-0.1, -0.05) is 13.8 Å². The van der Waals surface area contributed by atoms with Gasteiger partial charge in [-0.05, 0) is 30.2 Å². The molecule has 0 bridgehead atoms. The van der Waals surface area contributed by atoms with Crippen molar-refractivity contribution in [2.24, 2.45) is 11.7 Å². The van der Waals surface area contributed by atoms with E-state index < -0.39 is 0 Å². The van der Waals surface area contributed by atoms with Gasteiger partial charge >= 0.3 is 0 Å². The van der Waals surface area contributed by atoms with Gasteiger partial charge in [0.2, 0.25) is 0 Å². The van der Waals surface area contributed by atoms with Gasteiger partial charge in [0, 0.05) is 19.1 Å². The van der Waals surface area contributed by atoms with Gasteiger partial charge < -0.3 is 20.5 Å². The van der Waals surface area contributed by atoms with Gasteiger partial charge in [-0.3, -0.25) is 0 Å². The van der Waals surface area contributed by atoms with Crippen molar-refractivity contribution >= 4 is 0 Å². The van der Waals surface area contributed by atoms with E-state index >= 15 is 0 Å². The molecule has 0 heterocycles. The van der Waals surface area contributed by atoms with Gasteiger partial charge in [-0.25, -0.2) is 0 Å². The van der Waals surface area contributed by atoms with Crippen LogP contribution in [0, 0.1) is 5.92 Å². The summed E-state index contributed by atoms with van der Waals surface area (Å²) in [5.41, 5.74) is 5.92. The number of nitrogens with one attached hydrogen (secondary N) is 1. The highest BCUT2D eigenvalue weighted by molar-refractivity contribution is 5.31. The van der Waals surface area contributed by atoms with Crippen LogP contribution >= 0.6 is 0 Å². The van der Waals surface area contributed by atoms with E-state index in [1.165, 1.54) is 0 Å². The van der Waals surface area contributed by atoms with E-state index in [1.807, 2.05) is 24.3 Å². The molecule has 1 unspecified atom stereocenters. The van der Waals surface area contributed by atoms with Crippen molar-refractivity contribution in [3.8, 4) is 11.5 Å². The van der Waals surface area contributed by atoms with E-state index in [4.69, 9.17) is 15.2 Å².